The van der Waals surface area contributed by atoms with Gasteiger partial charge in [0.05, 0.1) is 0 Å². The number of rotatable bonds is 4. The minimum atomic E-state index is 0.759. The first-order valence-corrected chi connectivity index (χ1v) is 17.8. The molecule has 0 nitrogen and oxygen atoms in total. The molecule has 0 aliphatic heterocycles. The van der Waals surface area contributed by atoms with E-state index in [0.717, 1.165) is 10.0 Å². The van der Waals surface area contributed by atoms with Crippen LogP contribution in [-0.2, 0) is 0 Å². The molecule has 0 saturated heterocycles. The molecule has 0 fully saturated rings. The van der Waals surface area contributed by atoms with E-state index in [2.05, 4.69) is 109 Å². The minimum Gasteiger partial charge on any atom is -0.135 e. The van der Waals surface area contributed by atoms with Gasteiger partial charge in [0, 0.05) is 49.4 Å². The lowest BCUT2D eigenvalue weighted by Crippen LogP contribution is -1.78. The van der Waals surface area contributed by atoms with E-state index in [0.29, 0.717) is 0 Å². The molecule has 0 radical (unpaired) electrons. The highest BCUT2D eigenvalue weighted by atomic mass is 35.5. The van der Waals surface area contributed by atoms with Crippen LogP contribution in [0, 0.1) is 0 Å². The fraction of sp³-hybridized carbons (Fsp3) is 0. The van der Waals surface area contributed by atoms with Gasteiger partial charge in [0.1, 0.15) is 0 Å². The molecule has 0 saturated carbocycles. The Morgan fingerprint density at radius 3 is 1.02 bits per heavy atom. The molecule has 0 N–H and O–H groups in total. The topological polar surface area (TPSA) is 0 Å². The smallest absolute Gasteiger partial charge is 0.0406 e. The molecular formula is C40H22Cl2S3. The molecule has 6 aromatic carbocycles. The van der Waals surface area contributed by atoms with Crippen LogP contribution in [0.2, 0.25) is 10.0 Å². The summed E-state index contributed by atoms with van der Waals surface area (Å²) in [7, 11) is 0. The van der Waals surface area contributed by atoms with Crippen molar-refractivity contribution in [2.75, 3.05) is 0 Å². The van der Waals surface area contributed by atoms with E-state index in [1.807, 2.05) is 58.3 Å². The third-order valence-corrected chi connectivity index (χ3v) is 12.4. The van der Waals surface area contributed by atoms with Crippen LogP contribution in [-0.4, -0.2) is 0 Å². The van der Waals surface area contributed by atoms with Crippen LogP contribution in [0.3, 0.4) is 0 Å². The zero-order chi connectivity index (χ0) is 30.1. The number of hydrogen-bond acceptors (Lipinski definition) is 3. The predicted octanol–water partition coefficient (Wildman–Crippen LogP) is 14.5. The van der Waals surface area contributed by atoms with E-state index in [-0.39, 0.29) is 0 Å². The maximum atomic E-state index is 6.08. The van der Waals surface area contributed by atoms with Gasteiger partial charge in [0.2, 0.25) is 0 Å². The highest BCUT2D eigenvalue weighted by Crippen LogP contribution is 2.44. The fourth-order valence-electron chi connectivity index (χ4n) is 6.07. The van der Waals surface area contributed by atoms with Crippen molar-refractivity contribution in [1.29, 1.82) is 0 Å². The van der Waals surface area contributed by atoms with Crippen LogP contribution in [0.1, 0.15) is 0 Å². The molecule has 3 heterocycles. The molecule has 9 aromatic rings. The Kier molecular flexibility index (Phi) is 6.59. The quantitative estimate of drug-likeness (QED) is 0.175. The zero-order valence-corrected chi connectivity index (χ0v) is 27.6. The van der Waals surface area contributed by atoms with Gasteiger partial charge < -0.3 is 0 Å². The standard InChI is InChI=1S/C40H22Cl2S3/c41-31-13-9-25(10-14-31)23-1-5-27(6-2-23)35-19-29-17-33-34-18-30-20-36(44-38(30)22-40(34)45-39(33)21-37(29)43-35)28-7-3-24(4-8-28)26-11-15-32(42)16-12-26/h1-22H. The maximum Gasteiger partial charge on any atom is 0.0406 e. The molecule has 0 spiro atoms. The Morgan fingerprint density at radius 2 is 0.644 bits per heavy atom. The van der Waals surface area contributed by atoms with Gasteiger partial charge in [-0.1, -0.05) is 96.0 Å². The van der Waals surface area contributed by atoms with Crippen molar-refractivity contribution in [2.45, 2.75) is 0 Å². The SMILES string of the molecule is Clc1ccc(-c2ccc(-c3cc4cc5c(cc4s3)sc3cc4sc(-c6ccc(-c7ccc(Cl)cc7)cc6)cc4cc35)cc2)cc1. The second-order valence-corrected chi connectivity index (χ2v) is 15.4. The van der Waals surface area contributed by atoms with Crippen molar-refractivity contribution in [3.05, 3.63) is 144 Å². The van der Waals surface area contributed by atoms with E-state index < -0.39 is 0 Å². The third kappa shape index (κ3) is 4.96. The molecule has 45 heavy (non-hydrogen) atoms. The zero-order valence-electron chi connectivity index (χ0n) is 23.7. The summed E-state index contributed by atoms with van der Waals surface area (Å²) in [6.45, 7) is 0. The van der Waals surface area contributed by atoms with Crippen LogP contribution < -0.4 is 0 Å². The lowest BCUT2D eigenvalue weighted by atomic mass is 10.0. The van der Waals surface area contributed by atoms with Gasteiger partial charge >= 0.3 is 0 Å². The summed E-state index contributed by atoms with van der Waals surface area (Å²) < 4.78 is 5.35. The highest BCUT2D eigenvalue weighted by Gasteiger charge is 2.13. The third-order valence-electron chi connectivity index (χ3n) is 8.44. The summed E-state index contributed by atoms with van der Waals surface area (Å²) in [5.74, 6) is 0. The van der Waals surface area contributed by atoms with E-state index in [9.17, 15) is 0 Å². The van der Waals surface area contributed by atoms with Gasteiger partial charge in [-0.3, -0.25) is 0 Å². The van der Waals surface area contributed by atoms with Gasteiger partial charge in [-0.2, -0.15) is 0 Å². The van der Waals surface area contributed by atoms with Crippen LogP contribution in [0.5, 0.6) is 0 Å². The maximum absolute atomic E-state index is 6.08. The molecule has 0 aliphatic rings. The van der Waals surface area contributed by atoms with Crippen molar-refractivity contribution in [1.82, 2.24) is 0 Å². The molecule has 9 rings (SSSR count). The lowest BCUT2D eigenvalue weighted by Gasteiger charge is -2.03. The average molecular weight is 670 g/mol. The number of thiophene rings is 3. The Morgan fingerprint density at radius 1 is 0.311 bits per heavy atom. The van der Waals surface area contributed by atoms with Gasteiger partial charge in [0.15, 0.2) is 0 Å². The summed E-state index contributed by atoms with van der Waals surface area (Å²) in [5, 5.41) is 6.80. The van der Waals surface area contributed by atoms with Crippen LogP contribution in [0.4, 0.5) is 0 Å². The van der Waals surface area contributed by atoms with Crippen LogP contribution >= 0.6 is 57.2 Å². The van der Waals surface area contributed by atoms with Gasteiger partial charge in [-0.25, -0.2) is 0 Å². The Bertz CT molecular complexity index is 2340. The normalized spacial score (nSPS) is 11.8. The number of halogens is 2. The Labute approximate surface area is 282 Å². The van der Waals surface area contributed by atoms with Crippen molar-refractivity contribution < 1.29 is 0 Å². The van der Waals surface area contributed by atoms with E-state index in [4.69, 9.17) is 23.2 Å². The van der Waals surface area contributed by atoms with Gasteiger partial charge in [-0.15, -0.1) is 34.0 Å². The first-order valence-electron chi connectivity index (χ1n) is 14.6. The Balaban J connectivity index is 1.04. The van der Waals surface area contributed by atoms with Crippen molar-refractivity contribution in [2.24, 2.45) is 0 Å². The summed E-state index contributed by atoms with van der Waals surface area (Å²) >= 11 is 17.8. The first-order chi connectivity index (χ1) is 22.0. The molecular weight excluding hydrogens is 648 g/mol. The fourth-order valence-corrected chi connectivity index (χ4v) is 9.80. The van der Waals surface area contributed by atoms with E-state index in [1.54, 1.807) is 0 Å². The number of hydrogen-bond donors (Lipinski definition) is 0. The van der Waals surface area contributed by atoms with Crippen molar-refractivity contribution in [3.63, 3.8) is 0 Å². The molecule has 0 atom stereocenters. The van der Waals surface area contributed by atoms with Crippen LogP contribution in [0.25, 0.3) is 83.5 Å². The monoisotopic (exact) mass is 668 g/mol. The molecule has 0 unspecified atom stereocenters. The first kappa shape index (κ1) is 27.4. The van der Waals surface area contributed by atoms with E-state index >= 15 is 0 Å². The summed E-state index contributed by atoms with van der Waals surface area (Å²) in [4.78, 5) is 2.59. The van der Waals surface area contributed by atoms with Crippen molar-refractivity contribution in [3.8, 4) is 43.1 Å². The summed E-state index contributed by atoms with van der Waals surface area (Å²) in [6, 6.07) is 48.0. The van der Waals surface area contributed by atoms with Gasteiger partial charge in [-0.05, 0) is 105 Å². The lowest BCUT2D eigenvalue weighted by molar-refractivity contribution is 1.62. The molecule has 3 aromatic heterocycles. The Hall–Kier alpha value is -3.96. The molecule has 0 bridgehead atoms. The predicted molar refractivity (Wildman–Crippen MR) is 202 cm³/mol. The van der Waals surface area contributed by atoms with E-state index in [1.165, 1.54) is 83.5 Å². The second-order valence-electron chi connectivity index (χ2n) is 11.3. The average Bonchev–Trinajstić information content (AvgIpc) is 3.78. The second kappa shape index (κ2) is 10.8. The summed E-state index contributed by atoms with van der Waals surface area (Å²) in [6.07, 6.45) is 0. The minimum absolute atomic E-state index is 0.759. The highest BCUT2D eigenvalue weighted by molar-refractivity contribution is 7.27. The molecule has 0 amide bonds. The van der Waals surface area contributed by atoms with Crippen LogP contribution in [0.15, 0.2) is 133 Å². The van der Waals surface area contributed by atoms with Crippen molar-refractivity contribution >= 4 is 97.6 Å². The molecule has 0 aliphatic carbocycles. The molecule has 5 heteroatoms. The number of benzene rings is 6. The molecule has 214 valence electrons. The number of fused-ring (bicyclic) bond motifs is 5. The summed E-state index contributed by atoms with van der Waals surface area (Å²) in [5.41, 5.74) is 7.23. The van der Waals surface area contributed by atoms with Gasteiger partial charge in [0.25, 0.3) is 0 Å². The largest absolute Gasteiger partial charge is 0.135 e.